The zero-order valence-corrected chi connectivity index (χ0v) is 8.11. The maximum absolute atomic E-state index is 11.9. The second-order valence-electron chi connectivity index (χ2n) is 3.03. The van der Waals surface area contributed by atoms with Crippen LogP contribution in [-0.2, 0) is 4.74 Å². The van der Waals surface area contributed by atoms with Gasteiger partial charge >= 0.3 is 6.18 Å². The maximum atomic E-state index is 11.9. The summed E-state index contributed by atoms with van der Waals surface area (Å²) >= 11 is 0. The van der Waals surface area contributed by atoms with E-state index in [1.165, 1.54) is 0 Å². The highest BCUT2D eigenvalue weighted by atomic mass is 19.4. The molecule has 2 nitrogen and oxygen atoms in total. The normalized spacial score (nSPS) is 17.1. The molecule has 0 aromatic rings. The van der Waals surface area contributed by atoms with Gasteiger partial charge in [-0.15, -0.1) is 0 Å². The first-order chi connectivity index (χ1) is 5.88. The quantitative estimate of drug-likeness (QED) is 0.730. The first-order valence-electron chi connectivity index (χ1n) is 4.23. The van der Waals surface area contributed by atoms with E-state index in [1.54, 1.807) is 7.05 Å². The van der Waals surface area contributed by atoms with Crippen molar-refractivity contribution >= 4 is 0 Å². The average Bonchev–Trinajstić information content (AvgIpc) is 2.02. The molecule has 0 rings (SSSR count). The summed E-state index contributed by atoms with van der Waals surface area (Å²) in [4.78, 5) is 0. The SMILES string of the molecule is CNC(C)CCOC(C)C(F)(F)F. The van der Waals surface area contributed by atoms with Crippen LogP contribution in [0.2, 0.25) is 0 Å². The zero-order valence-electron chi connectivity index (χ0n) is 8.11. The van der Waals surface area contributed by atoms with Gasteiger partial charge in [-0.3, -0.25) is 0 Å². The molecule has 0 aromatic heterocycles. The Kier molecular flexibility index (Phi) is 5.32. The Labute approximate surface area is 76.5 Å². The molecule has 0 aliphatic rings. The third-order valence-electron chi connectivity index (χ3n) is 1.87. The maximum Gasteiger partial charge on any atom is 0.414 e. The summed E-state index contributed by atoms with van der Waals surface area (Å²) in [5.74, 6) is 0. The lowest BCUT2D eigenvalue weighted by Crippen LogP contribution is -2.30. The fraction of sp³-hybridized carbons (Fsp3) is 1.00. The van der Waals surface area contributed by atoms with E-state index in [2.05, 4.69) is 10.1 Å². The second kappa shape index (κ2) is 5.44. The Morgan fingerprint density at radius 1 is 1.31 bits per heavy atom. The van der Waals surface area contributed by atoms with Gasteiger partial charge in [-0.1, -0.05) is 0 Å². The lowest BCUT2D eigenvalue weighted by Gasteiger charge is -2.17. The zero-order chi connectivity index (χ0) is 10.5. The van der Waals surface area contributed by atoms with Gasteiger partial charge in [-0.25, -0.2) is 0 Å². The highest BCUT2D eigenvalue weighted by molar-refractivity contribution is 4.62. The van der Waals surface area contributed by atoms with E-state index in [-0.39, 0.29) is 12.6 Å². The minimum absolute atomic E-state index is 0.128. The van der Waals surface area contributed by atoms with Gasteiger partial charge < -0.3 is 10.1 Å². The van der Waals surface area contributed by atoms with Crippen LogP contribution < -0.4 is 5.32 Å². The summed E-state index contributed by atoms with van der Waals surface area (Å²) in [6.07, 6.45) is -5.34. The fourth-order valence-corrected chi connectivity index (χ4v) is 0.660. The second-order valence-corrected chi connectivity index (χ2v) is 3.03. The monoisotopic (exact) mass is 199 g/mol. The number of ether oxygens (including phenoxy) is 1. The summed E-state index contributed by atoms with van der Waals surface area (Å²) in [7, 11) is 1.76. The van der Waals surface area contributed by atoms with Crippen molar-refractivity contribution in [2.24, 2.45) is 0 Å². The van der Waals surface area contributed by atoms with Crippen LogP contribution in [0.1, 0.15) is 20.3 Å². The van der Waals surface area contributed by atoms with Crippen molar-refractivity contribution in [1.29, 1.82) is 0 Å². The van der Waals surface area contributed by atoms with E-state index < -0.39 is 12.3 Å². The predicted molar refractivity (Wildman–Crippen MR) is 44.6 cm³/mol. The molecular weight excluding hydrogens is 183 g/mol. The smallest absolute Gasteiger partial charge is 0.369 e. The number of hydrogen-bond donors (Lipinski definition) is 1. The Balaban J connectivity index is 3.54. The van der Waals surface area contributed by atoms with Gasteiger partial charge in [0.1, 0.15) is 0 Å². The molecule has 2 unspecified atom stereocenters. The van der Waals surface area contributed by atoms with Crippen LogP contribution in [-0.4, -0.2) is 32.0 Å². The lowest BCUT2D eigenvalue weighted by molar-refractivity contribution is -0.214. The molecule has 0 bridgehead atoms. The summed E-state index contributed by atoms with van der Waals surface area (Å²) in [5.41, 5.74) is 0. The highest BCUT2D eigenvalue weighted by Gasteiger charge is 2.36. The Bertz CT molecular complexity index is 138. The average molecular weight is 199 g/mol. The fourth-order valence-electron chi connectivity index (χ4n) is 0.660. The van der Waals surface area contributed by atoms with Crippen LogP contribution in [0.3, 0.4) is 0 Å². The van der Waals surface area contributed by atoms with E-state index in [0.29, 0.717) is 6.42 Å². The van der Waals surface area contributed by atoms with E-state index in [1.807, 2.05) is 6.92 Å². The van der Waals surface area contributed by atoms with Crippen LogP contribution in [0, 0.1) is 0 Å². The van der Waals surface area contributed by atoms with Crippen molar-refractivity contribution in [2.75, 3.05) is 13.7 Å². The Morgan fingerprint density at radius 3 is 2.23 bits per heavy atom. The topological polar surface area (TPSA) is 21.3 Å². The van der Waals surface area contributed by atoms with Crippen LogP contribution in [0.25, 0.3) is 0 Å². The summed E-state index contributed by atoms with van der Waals surface area (Å²) < 4.78 is 40.4. The Hall–Kier alpha value is -0.290. The van der Waals surface area contributed by atoms with Crippen molar-refractivity contribution in [1.82, 2.24) is 5.32 Å². The molecule has 0 fully saturated rings. The van der Waals surface area contributed by atoms with E-state index in [9.17, 15) is 13.2 Å². The minimum atomic E-state index is -4.25. The standard InChI is InChI=1S/C8H16F3NO/c1-6(12-3)4-5-13-7(2)8(9,10)11/h6-7,12H,4-5H2,1-3H3. The number of halogens is 3. The van der Waals surface area contributed by atoms with Crippen molar-refractivity contribution in [3.05, 3.63) is 0 Å². The van der Waals surface area contributed by atoms with Crippen LogP contribution in [0.5, 0.6) is 0 Å². The molecule has 1 N–H and O–H groups in total. The molecule has 0 aromatic carbocycles. The molecular formula is C8H16F3NO. The van der Waals surface area contributed by atoms with Gasteiger partial charge in [0.2, 0.25) is 0 Å². The van der Waals surface area contributed by atoms with Gasteiger partial charge in [0.05, 0.1) is 0 Å². The molecule has 5 heteroatoms. The number of alkyl halides is 3. The van der Waals surface area contributed by atoms with Crippen molar-refractivity contribution < 1.29 is 17.9 Å². The van der Waals surface area contributed by atoms with E-state index in [0.717, 1.165) is 6.92 Å². The van der Waals surface area contributed by atoms with Gasteiger partial charge in [0, 0.05) is 12.6 Å². The summed E-state index contributed by atoms with van der Waals surface area (Å²) in [6, 6.07) is 0.181. The molecule has 0 spiro atoms. The highest BCUT2D eigenvalue weighted by Crippen LogP contribution is 2.22. The van der Waals surface area contributed by atoms with Crippen LogP contribution >= 0.6 is 0 Å². The predicted octanol–water partition coefficient (Wildman–Crippen LogP) is 1.95. The molecule has 0 heterocycles. The van der Waals surface area contributed by atoms with Crippen molar-refractivity contribution in [3.63, 3.8) is 0 Å². The minimum Gasteiger partial charge on any atom is -0.369 e. The third kappa shape index (κ3) is 5.87. The van der Waals surface area contributed by atoms with Gasteiger partial charge in [-0.2, -0.15) is 13.2 Å². The van der Waals surface area contributed by atoms with Crippen LogP contribution in [0.15, 0.2) is 0 Å². The first kappa shape index (κ1) is 12.7. The van der Waals surface area contributed by atoms with Crippen molar-refractivity contribution in [3.8, 4) is 0 Å². The first-order valence-corrected chi connectivity index (χ1v) is 4.23. The Morgan fingerprint density at radius 2 is 1.85 bits per heavy atom. The molecule has 0 saturated carbocycles. The van der Waals surface area contributed by atoms with E-state index in [4.69, 9.17) is 0 Å². The number of nitrogens with one attached hydrogen (secondary N) is 1. The lowest BCUT2D eigenvalue weighted by atomic mass is 10.2. The molecule has 0 radical (unpaired) electrons. The molecule has 0 saturated heterocycles. The number of hydrogen-bond acceptors (Lipinski definition) is 2. The summed E-state index contributed by atoms with van der Waals surface area (Å²) in [6.45, 7) is 3.04. The van der Waals surface area contributed by atoms with Gasteiger partial charge in [0.25, 0.3) is 0 Å². The number of rotatable bonds is 5. The molecule has 0 aliphatic carbocycles. The molecule has 13 heavy (non-hydrogen) atoms. The molecule has 80 valence electrons. The molecule has 0 amide bonds. The van der Waals surface area contributed by atoms with Gasteiger partial charge in [-0.05, 0) is 27.3 Å². The van der Waals surface area contributed by atoms with Crippen LogP contribution in [0.4, 0.5) is 13.2 Å². The van der Waals surface area contributed by atoms with Gasteiger partial charge in [0.15, 0.2) is 6.10 Å². The third-order valence-corrected chi connectivity index (χ3v) is 1.87. The largest absolute Gasteiger partial charge is 0.414 e. The molecule has 0 aliphatic heterocycles. The van der Waals surface area contributed by atoms with Crippen molar-refractivity contribution in [2.45, 2.75) is 38.6 Å². The van der Waals surface area contributed by atoms with E-state index >= 15 is 0 Å². The summed E-state index contributed by atoms with van der Waals surface area (Å²) in [5, 5.41) is 2.92. The molecule has 2 atom stereocenters.